The second kappa shape index (κ2) is 19.1. The van der Waals surface area contributed by atoms with Gasteiger partial charge in [0.25, 0.3) is 0 Å². The normalized spacial score (nSPS) is 13.5. The zero-order valence-electron chi connectivity index (χ0n) is 31.9. The highest BCUT2D eigenvalue weighted by Crippen LogP contribution is 2.44. The third-order valence-corrected chi connectivity index (χ3v) is 8.18. The molecule has 0 spiro atoms. The van der Waals surface area contributed by atoms with E-state index in [1.165, 1.54) is 4.90 Å². The summed E-state index contributed by atoms with van der Waals surface area (Å²) in [5.74, 6) is -0.980. The first kappa shape index (κ1) is 41.6. The van der Waals surface area contributed by atoms with Gasteiger partial charge in [0, 0.05) is 33.1 Å². The lowest BCUT2D eigenvalue weighted by Crippen LogP contribution is -2.53. The molecule has 2 aromatic rings. The standard InChI is InChI=1S/C39H57N5O8/c1-38(2,3)51-35(47)40-23-15-13-21-31(33(45)42-32(34(46)44(7)8)22-14-16-24-41-36(48)52-39(4,5)6)43-37(49)50-25-30-28-19-11-9-17-26(28)27-18-10-12-20-29(27)30/h9-12,17-20,30-32H,13-16,21-25H2,1-8H3,(H,40,47)(H,41,48)(H,42,45)(H,43,49)/t31-,32-/m0/s1. The van der Waals surface area contributed by atoms with Crippen molar-refractivity contribution in [2.75, 3.05) is 33.8 Å². The summed E-state index contributed by atoms with van der Waals surface area (Å²) in [6, 6.07) is 14.2. The van der Waals surface area contributed by atoms with E-state index in [1.807, 2.05) is 36.4 Å². The first-order chi connectivity index (χ1) is 24.4. The van der Waals surface area contributed by atoms with Crippen molar-refractivity contribution in [1.29, 1.82) is 0 Å². The van der Waals surface area contributed by atoms with E-state index in [4.69, 9.17) is 14.2 Å². The number of ether oxygens (including phenoxy) is 3. The van der Waals surface area contributed by atoms with Gasteiger partial charge in [0.1, 0.15) is 29.9 Å². The quantitative estimate of drug-likeness (QED) is 0.124. The molecule has 0 saturated heterocycles. The molecule has 0 bridgehead atoms. The maximum absolute atomic E-state index is 13.7. The summed E-state index contributed by atoms with van der Waals surface area (Å²) in [5.41, 5.74) is 3.08. The Bertz CT molecular complexity index is 1490. The number of nitrogens with one attached hydrogen (secondary N) is 4. The summed E-state index contributed by atoms with van der Waals surface area (Å²) < 4.78 is 16.3. The second-order valence-corrected chi connectivity index (χ2v) is 15.2. The Kier molecular flexibility index (Phi) is 15.3. The molecule has 0 unspecified atom stereocenters. The number of unbranched alkanes of at least 4 members (excludes halogenated alkanes) is 2. The molecule has 2 aromatic carbocycles. The molecule has 0 radical (unpaired) electrons. The van der Waals surface area contributed by atoms with Crippen LogP contribution in [0.2, 0.25) is 0 Å². The minimum atomic E-state index is -1.01. The van der Waals surface area contributed by atoms with Crippen LogP contribution < -0.4 is 21.3 Å². The van der Waals surface area contributed by atoms with Crippen molar-refractivity contribution in [2.45, 2.75) is 109 Å². The van der Waals surface area contributed by atoms with Gasteiger partial charge in [0.05, 0.1) is 0 Å². The number of amides is 5. The number of fused-ring (bicyclic) bond motifs is 3. The highest BCUT2D eigenvalue weighted by molar-refractivity contribution is 5.91. The lowest BCUT2D eigenvalue weighted by molar-refractivity contribution is -0.135. The third kappa shape index (κ3) is 13.7. The Morgan fingerprint density at radius 2 is 1.12 bits per heavy atom. The molecule has 0 aromatic heterocycles. The smallest absolute Gasteiger partial charge is 0.407 e. The average Bonchev–Trinajstić information content (AvgIpc) is 3.37. The van der Waals surface area contributed by atoms with Crippen molar-refractivity contribution >= 4 is 30.1 Å². The molecule has 286 valence electrons. The van der Waals surface area contributed by atoms with Gasteiger partial charge in [-0.25, -0.2) is 14.4 Å². The first-order valence-corrected chi connectivity index (χ1v) is 18.0. The van der Waals surface area contributed by atoms with Crippen LogP contribution in [0, 0.1) is 0 Å². The highest BCUT2D eigenvalue weighted by Gasteiger charge is 2.31. The number of carbonyl (C=O) groups excluding carboxylic acids is 5. The minimum Gasteiger partial charge on any atom is -0.449 e. The number of benzene rings is 2. The molecule has 52 heavy (non-hydrogen) atoms. The molecule has 0 aliphatic heterocycles. The van der Waals surface area contributed by atoms with Crippen LogP contribution in [0.3, 0.4) is 0 Å². The predicted octanol–water partition coefficient (Wildman–Crippen LogP) is 5.86. The molecule has 0 fully saturated rings. The molecule has 4 N–H and O–H groups in total. The summed E-state index contributed by atoms with van der Waals surface area (Å²) in [6.45, 7) is 11.4. The molecule has 1 aliphatic rings. The van der Waals surface area contributed by atoms with Gasteiger partial charge < -0.3 is 40.4 Å². The molecule has 2 atom stereocenters. The number of nitrogens with zero attached hydrogens (tertiary/aromatic N) is 1. The van der Waals surface area contributed by atoms with Crippen LogP contribution in [-0.2, 0) is 23.8 Å². The fraction of sp³-hybridized carbons (Fsp3) is 0.564. The Morgan fingerprint density at radius 1 is 0.654 bits per heavy atom. The van der Waals surface area contributed by atoms with Crippen LogP contribution >= 0.6 is 0 Å². The minimum absolute atomic E-state index is 0.0765. The van der Waals surface area contributed by atoms with Crippen molar-refractivity contribution in [3.8, 4) is 11.1 Å². The van der Waals surface area contributed by atoms with Gasteiger partial charge in [-0.15, -0.1) is 0 Å². The topological polar surface area (TPSA) is 164 Å². The molecular formula is C39H57N5O8. The zero-order valence-corrected chi connectivity index (χ0v) is 31.9. The number of carbonyl (C=O) groups is 5. The largest absolute Gasteiger partial charge is 0.449 e. The van der Waals surface area contributed by atoms with Crippen LogP contribution in [0.15, 0.2) is 48.5 Å². The molecular weight excluding hydrogens is 666 g/mol. The fourth-order valence-corrected chi connectivity index (χ4v) is 5.85. The van der Waals surface area contributed by atoms with Gasteiger partial charge >= 0.3 is 18.3 Å². The number of hydrogen-bond acceptors (Lipinski definition) is 8. The van der Waals surface area contributed by atoms with Crippen LogP contribution in [-0.4, -0.2) is 92.1 Å². The summed E-state index contributed by atoms with van der Waals surface area (Å²) in [6.07, 6.45) is 0.803. The van der Waals surface area contributed by atoms with Gasteiger partial charge in [-0.05, 0) is 102 Å². The molecule has 13 nitrogen and oxygen atoms in total. The van der Waals surface area contributed by atoms with E-state index in [1.54, 1.807) is 55.6 Å². The molecule has 5 amide bonds. The van der Waals surface area contributed by atoms with Gasteiger partial charge in [0.15, 0.2) is 0 Å². The Balaban J connectivity index is 1.64. The van der Waals surface area contributed by atoms with E-state index in [9.17, 15) is 24.0 Å². The monoisotopic (exact) mass is 723 g/mol. The van der Waals surface area contributed by atoms with Crippen LogP contribution in [0.5, 0.6) is 0 Å². The SMILES string of the molecule is CN(C)C(=O)[C@H](CCCCNC(=O)OC(C)(C)C)NC(=O)[C@H](CCCCNC(=O)OC(C)(C)C)NC(=O)OCC1c2ccccc2-c2ccccc21. The molecule has 0 heterocycles. The van der Waals surface area contributed by atoms with Crippen molar-refractivity contribution < 1.29 is 38.2 Å². The van der Waals surface area contributed by atoms with Gasteiger partial charge in [-0.2, -0.15) is 0 Å². The van der Waals surface area contributed by atoms with E-state index in [0.29, 0.717) is 45.2 Å². The number of alkyl carbamates (subject to hydrolysis) is 3. The number of hydrogen-bond donors (Lipinski definition) is 4. The maximum atomic E-state index is 13.7. The maximum Gasteiger partial charge on any atom is 0.407 e. The van der Waals surface area contributed by atoms with Gasteiger partial charge in [-0.3, -0.25) is 9.59 Å². The lowest BCUT2D eigenvalue weighted by Gasteiger charge is -2.25. The summed E-state index contributed by atoms with van der Waals surface area (Å²) in [4.78, 5) is 65.6. The summed E-state index contributed by atoms with van der Waals surface area (Å²) >= 11 is 0. The Hall–Kier alpha value is -4.81. The van der Waals surface area contributed by atoms with Crippen molar-refractivity contribution in [1.82, 2.24) is 26.2 Å². The fourth-order valence-electron chi connectivity index (χ4n) is 5.85. The van der Waals surface area contributed by atoms with Gasteiger partial charge in [-0.1, -0.05) is 48.5 Å². The molecule has 0 saturated carbocycles. The van der Waals surface area contributed by atoms with E-state index >= 15 is 0 Å². The summed E-state index contributed by atoms with van der Waals surface area (Å²) in [5, 5.41) is 11.0. The molecule has 3 rings (SSSR count). The van der Waals surface area contributed by atoms with E-state index < -0.39 is 47.5 Å². The Labute approximate surface area is 307 Å². The number of rotatable bonds is 16. The van der Waals surface area contributed by atoms with Crippen LogP contribution in [0.25, 0.3) is 11.1 Å². The number of likely N-dealkylation sites (N-methyl/N-ethyl adjacent to an activating group) is 1. The molecule has 13 heteroatoms. The van der Waals surface area contributed by atoms with Crippen LogP contribution in [0.4, 0.5) is 14.4 Å². The average molecular weight is 724 g/mol. The highest BCUT2D eigenvalue weighted by atomic mass is 16.6. The second-order valence-electron chi connectivity index (χ2n) is 15.2. The van der Waals surface area contributed by atoms with Crippen molar-refractivity contribution in [3.05, 3.63) is 59.7 Å². The predicted molar refractivity (Wildman–Crippen MR) is 199 cm³/mol. The van der Waals surface area contributed by atoms with E-state index in [0.717, 1.165) is 22.3 Å². The Morgan fingerprint density at radius 3 is 1.58 bits per heavy atom. The van der Waals surface area contributed by atoms with Crippen molar-refractivity contribution in [3.63, 3.8) is 0 Å². The van der Waals surface area contributed by atoms with Crippen LogP contribution in [0.1, 0.15) is 97.1 Å². The first-order valence-electron chi connectivity index (χ1n) is 18.0. The third-order valence-electron chi connectivity index (χ3n) is 8.18. The molecule has 1 aliphatic carbocycles. The zero-order chi connectivity index (χ0) is 38.5. The lowest BCUT2D eigenvalue weighted by atomic mass is 9.98. The summed E-state index contributed by atoms with van der Waals surface area (Å²) in [7, 11) is 3.21. The van der Waals surface area contributed by atoms with E-state index in [-0.39, 0.29) is 24.9 Å². The van der Waals surface area contributed by atoms with Crippen molar-refractivity contribution in [2.24, 2.45) is 0 Å². The van der Waals surface area contributed by atoms with E-state index in [2.05, 4.69) is 33.4 Å². The van der Waals surface area contributed by atoms with Gasteiger partial charge in [0.2, 0.25) is 11.8 Å².